The fourth-order valence-electron chi connectivity index (χ4n) is 1.91. The smallest absolute Gasteiger partial charge is 0.0210 e. The molecule has 0 amide bonds. The van der Waals surface area contributed by atoms with Crippen LogP contribution in [0, 0.1) is 0 Å². The Kier molecular flexibility index (Phi) is 5.41. The highest BCUT2D eigenvalue weighted by molar-refractivity contribution is 5.26. The Labute approximate surface area is 93.9 Å². The largest absolute Gasteiger partial charge is 0.310 e. The monoisotopic (exact) mass is 205 g/mol. The Morgan fingerprint density at radius 3 is 2.13 bits per heavy atom. The van der Waals surface area contributed by atoms with E-state index in [-0.39, 0.29) is 0 Å². The predicted molar refractivity (Wildman–Crippen MR) is 67.0 cm³/mol. The first kappa shape index (κ1) is 12.3. The van der Waals surface area contributed by atoms with Gasteiger partial charge in [-0.1, -0.05) is 45.0 Å². The fraction of sp³-hybridized carbons (Fsp3) is 0.571. The average molecular weight is 205 g/mol. The van der Waals surface area contributed by atoms with E-state index < -0.39 is 0 Å². The van der Waals surface area contributed by atoms with Crippen molar-refractivity contribution in [3.8, 4) is 0 Å². The van der Waals surface area contributed by atoms with Crippen molar-refractivity contribution >= 4 is 0 Å². The first-order valence-electron chi connectivity index (χ1n) is 6.11. The lowest BCUT2D eigenvalue weighted by atomic mass is 10.0. The molecule has 0 aromatic heterocycles. The van der Waals surface area contributed by atoms with E-state index in [0.717, 1.165) is 13.0 Å². The molecule has 1 rings (SSSR count). The Hall–Kier alpha value is -0.820. The topological polar surface area (TPSA) is 12.0 Å². The Morgan fingerprint density at radius 2 is 1.60 bits per heavy atom. The lowest BCUT2D eigenvalue weighted by Gasteiger charge is -2.16. The van der Waals surface area contributed by atoms with Crippen LogP contribution in [-0.4, -0.2) is 6.04 Å². The SMILES string of the molecule is CCc1ccccc1CNC(CC)CC. The van der Waals surface area contributed by atoms with Crippen LogP contribution in [0.3, 0.4) is 0 Å². The van der Waals surface area contributed by atoms with Gasteiger partial charge in [0.2, 0.25) is 0 Å². The number of hydrogen-bond donors (Lipinski definition) is 1. The Balaban J connectivity index is 2.56. The van der Waals surface area contributed by atoms with E-state index in [0.29, 0.717) is 6.04 Å². The molecule has 0 fully saturated rings. The molecule has 15 heavy (non-hydrogen) atoms. The van der Waals surface area contributed by atoms with Gasteiger partial charge in [-0.25, -0.2) is 0 Å². The summed E-state index contributed by atoms with van der Waals surface area (Å²) in [7, 11) is 0. The van der Waals surface area contributed by atoms with Crippen LogP contribution in [0.15, 0.2) is 24.3 Å². The van der Waals surface area contributed by atoms with Gasteiger partial charge < -0.3 is 5.32 Å². The zero-order chi connectivity index (χ0) is 11.1. The van der Waals surface area contributed by atoms with Gasteiger partial charge in [0, 0.05) is 12.6 Å². The van der Waals surface area contributed by atoms with Crippen molar-refractivity contribution in [3.63, 3.8) is 0 Å². The molecule has 0 unspecified atom stereocenters. The number of nitrogens with one attached hydrogen (secondary N) is 1. The molecule has 0 saturated heterocycles. The molecule has 0 bridgehead atoms. The second-order valence-corrected chi connectivity index (χ2v) is 4.02. The maximum absolute atomic E-state index is 3.61. The first-order valence-corrected chi connectivity index (χ1v) is 6.11. The summed E-state index contributed by atoms with van der Waals surface area (Å²) >= 11 is 0. The van der Waals surface area contributed by atoms with Crippen molar-refractivity contribution in [2.24, 2.45) is 0 Å². The van der Waals surface area contributed by atoms with Gasteiger partial charge in [0.1, 0.15) is 0 Å². The zero-order valence-corrected chi connectivity index (χ0v) is 10.2. The summed E-state index contributed by atoms with van der Waals surface area (Å²) in [6.45, 7) is 7.71. The minimum Gasteiger partial charge on any atom is -0.310 e. The van der Waals surface area contributed by atoms with Gasteiger partial charge in [0.05, 0.1) is 0 Å². The van der Waals surface area contributed by atoms with E-state index in [4.69, 9.17) is 0 Å². The molecule has 0 spiro atoms. The van der Waals surface area contributed by atoms with E-state index in [2.05, 4.69) is 50.4 Å². The van der Waals surface area contributed by atoms with Crippen molar-refractivity contribution in [2.75, 3.05) is 0 Å². The van der Waals surface area contributed by atoms with Gasteiger partial charge in [-0.2, -0.15) is 0 Å². The molecule has 1 N–H and O–H groups in total. The van der Waals surface area contributed by atoms with Crippen molar-refractivity contribution in [2.45, 2.75) is 52.6 Å². The third-order valence-electron chi connectivity index (χ3n) is 3.07. The molecule has 0 heterocycles. The number of rotatable bonds is 6. The molecule has 0 radical (unpaired) electrons. The van der Waals surface area contributed by atoms with Gasteiger partial charge >= 0.3 is 0 Å². The predicted octanol–water partition coefficient (Wildman–Crippen LogP) is 3.53. The Morgan fingerprint density at radius 1 is 1.00 bits per heavy atom. The van der Waals surface area contributed by atoms with Gasteiger partial charge in [-0.05, 0) is 30.4 Å². The van der Waals surface area contributed by atoms with Gasteiger partial charge in [-0.3, -0.25) is 0 Å². The minimum absolute atomic E-state index is 0.662. The molecule has 84 valence electrons. The molecule has 1 nitrogen and oxygen atoms in total. The molecule has 0 aliphatic carbocycles. The normalized spacial score (nSPS) is 10.9. The Bertz CT molecular complexity index is 276. The molecular weight excluding hydrogens is 182 g/mol. The highest BCUT2D eigenvalue weighted by atomic mass is 14.9. The minimum atomic E-state index is 0.662. The van der Waals surface area contributed by atoms with Crippen LogP contribution < -0.4 is 5.32 Å². The van der Waals surface area contributed by atoms with E-state index in [1.807, 2.05) is 0 Å². The van der Waals surface area contributed by atoms with Crippen molar-refractivity contribution in [1.82, 2.24) is 5.32 Å². The summed E-state index contributed by atoms with van der Waals surface area (Å²) in [6.07, 6.45) is 3.55. The third-order valence-corrected chi connectivity index (χ3v) is 3.07. The van der Waals surface area contributed by atoms with Crippen molar-refractivity contribution in [1.29, 1.82) is 0 Å². The second kappa shape index (κ2) is 6.62. The molecule has 1 heteroatoms. The molecule has 1 aromatic rings. The number of benzene rings is 1. The van der Waals surface area contributed by atoms with E-state index in [1.165, 1.54) is 24.0 Å². The molecule has 0 aliphatic heterocycles. The number of aryl methyl sites for hydroxylation is 1. The van der Waals surface area contributed by atoms with Crippen LogP contribution in [0.25, 0.3) is 0 Å². The summed E-state index contributed by atoms with van der Waals surface area (Å²) in [5.41, 5.74) is 2.92. The summed E-state index contributed by atoms with van der Waals surface area (Å²) in [5.74, 6) is 0. The van der Waals surface area contributed by atoms with Crippen molar-refractivity contribution < 1.29 is 0 Å². The highest BCUT2D eigenvalue weighted by Gasteiger charge is 2.04. The molecule has 0 aliphatic rings. The van der Waals surface area contributed by atoms with Crippen LogP contribution in [0.2, 0.25) is 0 Å². The van der Waals surface area contributed by atoms with Gasteiger partial charge in [0.15, 0.2) is 0 Å². The molecule has 0 atom stereocenters. The maximum atomic E-state index is 3.61. The van der Waals surface area contributed by atoms with Crippen LogP contribution in [0.1, 0.15) is 44.7 Å². The standard InChI is InChI=1S/C14H23N/c1-4-12-9-7-8-10-13(12)11-15-14(5-2)6-3/h7-10,14-15H,4-6,11H2,1-3H3. The first-order chi connectivity index (χ1) is 7.31. The average Bonchev–Trinajstić information content (AvgIpc) is 2.31. The van der Waals surface area contributed by atoms with E-state index in [1.54, 1.807) is 0 Å². The highest BCUT2D eigenvalue weighted by Crippen LogP contribution is 2.10. The molecule has 0 saturated carbocycles. The maximum Gasteiger partial charge on any atom is 0.0210 e. The summed E-state index contributed by atoms with van der Waals surface area (Å²) in [4.78, 5) is 0. The van der Waals surface area contributed by atoms with Crippen LogP contribution in [0.5, 0.6) is 0 Å². The fourth-order valence-corrected chi connectivity index (χ4v) is 1.91. The third kappa shape index (κ3) is 3.67. The van der Waals surface area contributed by atoms with Crippen LogP contribution in [-0.2, 0) is 13.0 Å². The molecular formula is C14H23N. The number of hydrogen-bond acceptors (Lipinski definition) is 1. The summed E-state index contributed by atoms with van der Waals surface area (Å²) < 4.78 is 0. The van der Waals surface area contributed by atoms with Crippen LogP contribution in [0.4, 0.5) is 0 Å². The second-order valence-electron chi connectivity index (χ2n) is 4.02. The van der Waals surface area contributed by atoms with Crippen molar-refractivity contribution in [3.05, 3.63) is 35.4 Å². The van der Waals surface area contributed by atoms with E-state index >= 15 is 0 Å². The molecule has 1 aromatic carbocycles. The lowest BCUT2D eigenvalue weighted by Crippen LogP contribution is -2.27. The van der Waals surface area contributed by atoms with Gasteiger partial charge in [-0.15, -0.1) is 0 Å². The van der Waals surface area contributed by atoms with Gasteiger partial charge in [0.25, 0.3) is 0 Å². The summed E-state index contributed by atoms with van der Waals surface area (Å²) in [5, 5.41) is 3.61. The summed E-state index contributed by atoms with van der Waals surface area (Å²) in [6, 6.07) is 9.37. The van der Waals surface area contributed by atoms with Crippen LogP contribution >= 0.6 is 0 Å². The quantitative estimate of drug-likeness (QED) is 0.749. The van der Waals surface area contributed by atoms with E-state index in [9.17, 15) is 0 Å². The zero-order valence-electron chi connectivity index (χ0n) is 10.2. The lowest BCUT2D eigenvalue weighted by molar-refractivity contribution is 0.483.